The minimum Gasteiger partial charge on any atom is -0.467 e. The summed E-state index contributed by atoms with van der Waals surface area (Å²) < 4.78 is 4.41. The zero-order chi connectivity index (χ0) is 15.5. The van der Waals surface area contributed by atoms with Gasteiger partial charge in [-0.15, -0.1) is 0 Å². The van der Waals surface area contributed by atoms with E-state index in [2.05, 4.69) is 10.1 Å². The average molecular weight is 312 g/mol. The Labute approximate surface area is 128 Å². The summed E-state index contributed by atoms with van der Waals surface area (Å²) in [6.45, 7) is -0.159. The van der Waals surface area contributed by atoms with E-state index >= 15 is 0 Å². The van der Waals surface area contributed by atoms with Crippen molar-refractivity contribution >= 4 is 23.5 Å². The summed E-state index contributed by atoms with van der Waals surface area (Å²) in [6.07, 6.45) is 1.07. The van der Waals surface area contributed by atoms with Gasteiger partial charge in [-0.3, -0.25) is 4.79 Å². The van der Waals surface area contributed by atoms with E-state index in [0.717, 1.165) is 24.8 Å². The highest BCUT2D eigenvalue weighted by atomic mass is 35.5. The number of hydrogen-bond donors (Lipinski definition) is 2. The summed E-state index contributed by atoms with van der Waals surface area (Å²) >= 11 is 5.99. The number of carbonyl (C=O) groups excluding carboxylic acids is 2. The van der Waals surface area contributed by atoms with Crippen LogP contribution in [0.4, 0.5) is 0 Å². The van der Waals surface area contributed by atoms with Crippen LogP contribution < -0.4 is 5.32 Å². The van der Waals surface area contributed by atoms with Gasteiger partial charge in [-0.05, 0) is 30.5 Å². The second kappa shape index (κ2) is 6.45. The molecule has 1 aliphatic rings. The Bertz CT molecular complexity index is 542. The predicted molar refractivity (Wildman–Crippen MR) is 78.0 cm³/mol. The maximum atomic E-state index is 12.5. The maximum absolute atomic E-state index is 12.5. The van der Waals surface area contributed by atoms with Crippen molar-refractivity contribution in [2.24, 2.45) is 0 Å². The lowest BCUT2D eigenvalue weighted by Crippen LogP contribution is -2.51. The summed E-state index contributed by atoms with van der Waals surface area (Å²) in [6, 6.07) is 7.24. The van der Waals surface area contributed by atoms with Crippen molar-refractivity contribution in [3.63, 3.8) is 0 Å². The summed E-state index contributed by atoms with van der Waals surface area (Å²) in [5.41, 5.74) is 0.257. The molecule has 2 rings (SSSR count). The number of aliphatic hydroxyl groups is 1. The van der Waals surface area contributed by atoms with E-state index in [1.54, 1.807) is 12.1 Å². The van der Waals surface area contributed by atoms with Gasteiger partial charge in [0, 0.05) is 5.02 Å². The van der Waals surface area contributed by atoms with Crippen LogP contribution in [0.5, 0.6) is 0 Å². The minimum atomic E-state index is -1.35. The van der Waals surface area contributed by atoms with E-state index in [-0.39, 0.29) is 12.5 Å². The van der Waals surface area contributed by atoms with E-state index in [1.165, 1.54) is 7.11 Å². The number of aliphatic hydroxyl groups excluding tert-OH is 1. The second-order valence-corrected chi connectivity index (χ2v) is 5.63. The highest BCUT2D eigenvalue weighted by molar-refractivity contribution is 6.30. The smallest absolute Gasteiger partial charge is 0.336 e. The number of hydrogen-bond acceptors (Lipinski definition) is 4. The third-order valence-electron chi connectivity index (χ3n) is 3.95. The van der Waals surface area contributed by atoms with Crippen LogP contribution in [0.15, 0.2) is 24.3 Å². The normalized spacial score (nSPS) is 17.5. The molecule has 2 N–H and O–H groups in total. The lowest BCUT2D eigenvalue weighted by atomic mass is 9.64. The fourth-order valence-corrected chi connectivity index (χ4v) is 2.73. The number of amides is 1. The first kappa shape index (κ1) is 15.8. The van der Waals surface area contributed by atoms with Crippen molar-refractivity contribution in [3.8, 4) is 0 Å². The lowest BCUT2D eigenvalue weighted by Gasteiger charge is -2.41. The molecule has 1 aromatic carbocycles. The first-order valence-electron chi connectivity index (χ1n) is 6.80. The lowest BCUT2D eigenvalue weighted by molar-refractivity contribution is -0.150. The van der Waals surface area contributed by atoms with Gasteiger partial charge in [0.1, 0.15) is 0 Å². The SMILES string of the molecule is COC(=O)C(O)CNC(=O)C1(c2cccc(Cl)c2)CCC1. The van der Waals surface area contributed by atoms with Crippen LogP contribution in [0.2, 0.25) is 5.02 Å². The molecule has 21 heavy (non-hydrogen) atoms. The van der Waals surface area contributed by atoms with E-state index in [4.69, 9.17) is 11.6 Å². The van der Waals surface area contributed by atoms with Crippen LogP contribution >= 0.6 is 11.6 Å². The Morgan fingerprint density at radius 3 is 2.71 bits per heavy atom. The van der Waals surface area contributed by atoms with Gasteiger partial charge < -0.3 is 15.2 Å². The van der Waals surface area contributed by atoms with Gasteiger partial charge in [0.05, 0.1) is 19.1 Å². The van der Waals surface area contributed by atoms with Gasteiger partial charge in [0.25, 0.3) is 0 Å². The average Bonchev–Trinajstić information content (AvgIpc) is 2.42. The zero-order valence-electron chi connectivity index (χ0n) is 11.8. The minimum absolute atomic E-state index is 0.159. The molecule has 5 nitrogen and oxygen atoms in total. The van der Waals surface area contributed by atoms with Crippen LogP contribution in [0.1, 0.15) is 24.8 Å². The van der Waals surface area contributed by atoms with Crippen molar-refractivity contribution in [3.05, 3.63) is 34.9 Å². The Morgan fingerprint density at radius 1 is 1.48 bits per heavy atom. The largest absolute Gasteiger partial charge is 0.467 e. The van der Waals surface area contributed by atoms with E-state index in [1.807, 2.05) is 12.1 Å². The number of methoxy groups -OCH3 is 1. The topological polar surface area (TPSA) is 75.6 Å². The molecule has 1 unspecified atom stereocenters. The standard InChI is InChI=1S/C15H18ClNO4/c1-21-13(19)12(18)9-17-14(20)15(6-3-7-15)10-4-2-5-11(16)8-10/h2,4-5,8,12,18H,3,6-7,9H2,1H3,(H,17,20). The molecule has 0 aromatic heterocycles. The summed E-state index contributed by atoms with van der Waals surface area (Å²) in [5, 5.41) is 12.7. The maximum Gasteiger partial charge on any atom is 0.336 e. The van der Waals surface area contributed by atoms with Gasteiger partial charge in [0.15, 0.2) is 6.10 Å². The molecule has 114 valence electrons. The molecule has 1 atom stereocenters. The molecule has 0 radical (unpaired) electrons. The number of carbonyl (C=O) groups is 2. The van der Waals surface area contributed by atoms with Gasteiger partial charge in [-0.25, -0.2) is 4.79 Å². The molecule has 1 fully saturated rings. The second-order valence-electron chi connectivity index (χ2n) is 5.19. The Balaban J connectivity index is 2.07. The van der Waals surface area contributed by atoms with Crippen molar-refractivity contribution in [2.75, 3.05) is 13.7 Å². The number of esters is 1. The molecule has 1 amide bonds. The van der Waals surface area contributed by atoms with Crippen molar-refractivity contribution in [1.29, 1.82) is 0 Å². The fourth-order valence-electron chi connectivity index (χ4n) is 2.54. The number of benzene rings is 1. The summed E-state index contributed by atoms with van der Waals surface area (Å²) in [4.78, 5) is 23.6. The first-order valence-corrected chi connectivity index (χ1v) is 7.17. The quantitative estimate of drug-likeness (QED) is 0.806. The molecular formula is C15H18ClNO4. The highest BCUT2D eigenvalue weighted by Crippen LogP contribution is 2.44. The van der Waals surface area contributed by atoms with E-state index < -0.39 is 17.5 Å². The number of halogens is 1. The van der Waals surface area contributed by atoms with Gasteiger partial charge in [0.2, 0.25) is 5.91 Å². The van der Waals surface area contributed by atoms with Crippen LogP contribution in [0.3, 0.4) is 0 Å². The zero-order valence-corrected chi connectivity index (χ0v) is 12.5. The van der Waals surface area contributed by atoms with Crippen molar-refractivity contribution in [2.45, 2.75) is 30.8 Å². The Morgan fingerprint density at radius 2 is 2.19 bits per heavy atom. The van der Waals surface area contributed by atoms with Crippen LogP contribution in [0.25, 0.3) is 0 Å². The third-order valence-corrected chi connectivity index (χ3v) is 4.18. The first-order chi connectivity index (χ1) is 9.99. The van der Waals surface area contributed by atoms with Gasteiger partial charge in [-0.1, -0.05) is 30.2 Å². The van der Waals surface area contributed by atoms with E-state index in [0.29, 0.717) is 5.02 Å². The molecule has 0 bridgehead atoms. The third kappa shape index (κ3) is 3.19. The summed E-state index contributed by atoms with van der Waals surface area (Å²) in [7, 11) is 1.19. The molecule has 0 saturated heterocycles. The van der Waals surface area contributed by atoms with Gasteiger partial charge in [-0.2, -0.15) is 0 Å². The molecule has 1 aliphatic carbocycles. The predicted octanol–water partition coefficient (Wildman–Crippen LogP) is 1.41. The monoisotopic (exact) mass is 311 g/mol. The summed E-state index contributed by atoms with van der Waals surface area (Å²) in [5.74, 6) is -0.959. The van der Waals surface area contributed by atoms with Crippen molar-refractivity contribution in [1.82, 2.24) is 5.32 Å². The Hall–Kier alpha value is -1.59. The highest BCUT2D eigenvalue weighted by Gasteiger charge is 2.45. The molecule has 1 saturated carbocycles. The molecular weight excluding hydrogens is 294 g/mol. The van der Waals surface area contributed by atoms with E-state index in [9.17, 15) is 14.7 Å². The number of rotatable bonds is 5. The Kier molecular flexibility index (Phi) is 4.85. The van der Waals surface area contributed by atoms with Crippen LogP contribution in [0, 0.1) is 0 Å². The molecule has 0 aliphatic heterocycles. The molecule has 0 heterocycles. The molecule has 1 aromatic rings. The fraction of sp³-hybridized carbons (Fsp3) is 0.467. The number of ether oxygens (including phenoxy) is 1. The number of nitrogens with one attached hydrogen (secondary N) is 1. The van der Waals surface area contributed by atoms with Gasteiger partial charge >= 0.3 is 5.97 Å². The van der Waals surface area contributed by atoms with Crippen LogP contribution in [-0.2, 0) is 19.7 Å². The molecule has 0 spiro atoms. The molecule has 6 heteroatoms. The van der Waals surface area contributed by atoms with Crippen LogP contribution in [-0.4, -0.2) is 36.7 Å². The van der Waals surface area contributed by atoms with Crippen molar-refractivity contribution < 1.29 is 19.4 Å².